The zero-order valence-corrected chi connectivity index (χ0v) is 31.4. The first-order chi connectivity index (χ1) is 24.8. The van der Waals surface area contributed by atoms with E-state index in [9.17, 15) is 24.9 Å². The summed E-state index contributed by atoms with van der Waals surface area (Å²) in [6.07, 6.45) is -0.751. The Hall–Kier alpha value is -5.35. The minimum atomic E-state index is -0.928. The molecule has 13 nitrogen and oxygen atoms in total. The first kappa shape index (κ1) is 39.4. The maximum atomic E-state index is 12.2. The highest BCUT2D eigenvalue weighted by Gasteiger charge is 2.23. The minimum absolute atomic E-state index is 0.0266. The van der Waals surface area contributed by atoms with Crippen molar-refractivity contribution in [3.63, 3.8) is 0 Å². The van der Waals surface area contributed by atoms with E-state index in [4.69, 9.17) is 30.8 Å². The van der Waals surface area contributed by atoms with Gasteiger partial charge in [-0.3, -0.25) is 9.59 Å². The molecule has 0 spiro atoms. The molecular formula is C36H36ClN7O6S2. The summed E-state index contributed by atoms with van der Waals surface area (Å²) < 4.78 is 16.0. The van der Waals surface area contributed by atoms with Crippen LogP contribution in [-0.2, 0) is 24.8 Å². The minimum Gasteiger partial charge on any atom is -0.490 e. The molecule has 2 heterocycles. The second-order valence-corrected chi connectivity index (χ2v) is 14.2. The number of halogens is 1. The molecule has 0 aliphatic carbocycles. The summed E-state index contributed by atoms with van der Waals surface area (Å²) in [4.78, 5) is 45.5. The number of nitrogens with zero attached hydrogens (tertiary/aromatic N) is 4. The number of carbonyl (C=O) groups is 3. The number of amides is 2. The van der Waals surface area contributed by atoms with Crippen LogP contribution in [0.4, 0.5) is 10.6 Å². The van der Waals surface area contributed by atoms with Crippen molar-refractivity contribution < 1.29 is 28.6 Å². The van der Waals surface area contributed by atoms with Crippen LogP contribution in [0.5, 0.6) is 5.75 Å². The number of alkyl carbamates (subject to hydrolysis) is 1. The van der Waals surface area contributed by atoms with Crippen molar-refractivity contribution in [2.24, 2.45) is 0 Å². The second kappa shape index (κ2) is 18.2. The number of benzene rings is 2. The lowest BCUT2D eigenvalue weighted by Gasteiger charge is -2.21. The van der Waals surface area contributed by atoms with Gasteiger partial charge < -0.3 is 30.2 Å². The standard InChI is InChI=1S/C36H36ClN7O6S2/c1-21(42-35(47)50-36(2,3)4)32(46)41-18-29(45)49-15-14-48-26-12-8-22(9-13-26)30-27(16-38)31(40-5)44-34(28(30)17-39)52-20-25-19-51-33(43-25)23-6-10-24(37)11-7-23/h6-13,19,21H,14-15,18,20H2,1-5H3,(H,40,44)(H,41,46)(H,42,47). The maximum absolute atomic E-state index is 12.2. The van der Waals surface area contributed by atoms with Crippen molar-refractivity contribution >= 4 is 58.5 Å². The molecule has 270 valence electrons. The zero-order chi connectivity index (χ0) is 37.8. The highest BCUT2D eigenvalue weighted by atomic mass is 35.5. The number of nitriles is 2. The van der Waals surface area contributed by atoms with Crippen molar-refractivity contribution in [1.29, 1.82) is 10.5 Å². The molecule has 16 heteroatoms. The fourth-order valence-electron chi connectivity index (χ4n) is 4.54. The Morgan fingerprint density at radius 2 is 1.65 bits per heavy atom. The van der Waals surface area contributed by atoms with Crippen LogP contribution in [-0.4, -0.2) is 66.4 Å². The number of esters is 1. The number of ether oxygens (including phenoxy) is 3. The molecule has 0 fully saturated rings. The smallest absolute Gasteiger partial charge is 0.408 e. The van der Waals surface area contributed by atoms with E-state index in [1.165, 1.54) is 30.0 Å². The summed E-state index contributed by atoms with van der Waals surface area (Å²) in [5, 5.41) is 32.0. The van der Waals surface area contributed by atoms with Crippen molar-refractivity contribution in [1.82, 2.24) is 20.6 Å². The van der Waals surface area contributed by atoms with Crippen LogP contribution in [0.3, 0.4) is 0 Å². The number of nitrogens with one attached hydrogen (secondary N) is 3. The number of carbonyl (C=O) groups excluding carboxylic acids is 3. The number of rotatable bonds is 14. The molecule has 1 unspecified atom stereocenters. The number of hydrogen-bond donors (Lipinski definition) is 3. The average molecular weight is 762 g/mol. The van der Waals surface area contributed by atoms with E-state index < -0.39 is 36.2 Å². The largest absolute Gasteiger partial charge is 0.490 e. The Labute approximate surface area is 314 Å². The van der Waals surface area contributed by atoms with Crippen molar-refractivity contribution in [3.05, 3.63) is 75.8 Å². The Morgan fingerprint density at radius 1 is 0.981 bits per heavy atom. The van der Waals surface area contributed by atoms with Gasteiger partial charge in [0, 0.05) is 34.3 Å². The van der Waals surface area contributed by atoms with Gasteiger partial charge in [0.25, 0.3) is 0 Å². The molecule has 0 saturated heterocycles. The monoisotopic (exact) mass is 761 g/mol. The normalized spacial score (nSPS) is 11.4. The molecule has 0 radical (unpaired) electrons. The molecule has 2 aromatic heterocycles. The number of thiazole rings is 1. The van der Waals surface area contributed by atoms with Gasteiger partial charge >= 0.3 is 12.1 Å². The van der Waals surface area contributed by atoms with Crippen LogP contribution in [0.25, 0.3) is 21.7 Å². The first-order valence-electron chi connectivity index (χ1n) is 15.9. The quantitative estimate of drug-likeness (QED) is 0.0715. The number of anilines is 1. The van der Waals surface area contributed by atoms with E-state index in [2.05, 4.69) is 33.1 Å². The lowest BCUT2D eigenvalue weighted by molar-refractivity contribution is -0.144. The molecule has 3 N–H and O–H groups in total. The van der Waals surface area contributed by atoms with Crippen LogP contribution >= 0.6 is 34.7 Å². The third-order valence-electron chi connectivity index (χ3n) is 6.92. The summed E-state index contributed by atoms with van der Waals surface area (Å²) >= 11 is 8.88. The number of pyridine rings is 1. The summed E-state index contributed by atoms with van der Waals surface area (Å²) in [6.45, 7) is 6.10. The third kappa shape index (κ3) is 11.1. The number of aromatic nitrogens is 2. The first-order valence-corrected chi connectivity index (χ1v) is 18.1. The molecule has 4 aromatic rings. The SMILES string of the molecule is CNc1nc(SCc2csc(-c3ccc(Cl)cc3)n2)c(C#N)c(-c2ccc(OCCOC(=O)CNC(=O)C(C)NC(=O)OC(C)(C)C)cc2)c1C#N. The molecule has 1 atom stereocenters. The fourth-order valence-corrected chi connectivity index (χ4v) is 6.47. The maximum Gasteiger partial charge on any atom is 0.408 e. The molecule has 2 aromatic carbocycles. The lowest BCUT2D eigenvalue weighted by Crippen LogP contribution is -2.47. The van der Waals surface area contributed by atoms with Crippen LogP contribution < -0.4 is 20.7 Å². The van der Waals surface area contributed by atoms with Gasteiger partial charge in [-0.1, -0.05) is 47.6 Å². The van der Waals surface area contributed by atoms with Gasteiger partial charge in [0.2, 0.25) is 5.91 Å². The van der Waals surface area contributed by atoms with E-state index in [0.29, 0.717) is 38.5 Å². The molecular weight excluding hydrogens is 726 g/mol. The van der Waals surface area contributed by atoms with Crippen molar-refractivity contribution in [2.75, 3.05) is 32.1 Å². The van der Waals surface area contributed by atoms with E-state index in [1.54, 1.807) is 52.1 Å². The molecule has 0 saturated carbocycles. The van der Waals surface area contributed by atoms with Gasteiger partial charge in [-0.25, -0.2) is 14.8 Å². The summed E-state index contributed by atoms with van der Waals surface area (Å²) in [6, 6.07) is 17.8. The van der Waals surface area contributed by atoms with Crippen molar-refractivity contribution in [3.8, 4) is 39.6 Å². The highest BCUT2D eigenvalue weighted by Crippen LogP contribution is 2.38. The van der Waals surface area contributed by atoms with E-state index in [0.717, 1.165) is 16.3 Å². The number of hydrogen-bond acceptors (Lipinski definition) is 13. The van der Waals surface area contributed by atoms with Crippen LogP contribution in [0.2, 0.25) is 5.02 Å². The average Bonchev–Trinajstić information content (AvgIpc) is 3.59. The molecule has 0 aliphatic heterocycles. The topological polar surface area (TPSA) is 188 Å². The predicted molar refractivity (Wildman–Crippen MR) is 199 cm³/mol. The number of thioether (sulfide) groups is 1. The Balaban J connectivity index is 1.34. The molecule has 0 aliphatic rings. The molecule has 2 amide bonds. The molecule has 0 bridgehead atoms. The van der Waals surface area contributed by atoms with Crippen LogP contribution in [0.1, 0.15) is 44.5 Å². The van der Waals surface area contributed by atoms with Crippen LogP contribution in [0.15, 0.2) is 58.9 Å². The van der Waals surface area contributed by atoms with Gasteiger partial charge in [-0.05, 0) is 57.5 Å². The highest BCUT2D eigenvalue weighted by molar-refractivity contribution is 7.98. The van der Waals surface area contributed by atoms with E-state index in [-0.39, 0.29) is 24.3 Å². The van der Waals surface area contributed by atoms with Gasteiger partial charge in [0.15, 0.2) is 0 Å². The predicted octanol–water partition coefficient (Wildman–Crippen LogP) is 6.55. The second-order valence-electron chi connectivity index (χ2n) is 12.0. The Morgan fingerprint density at radius 3 is 2.29 bits per heavy atom. The van der Waals surface area contributed by atoms with Gasteiger partial charge in [0.05, 0.1) is 11.3 Å². The molecule has 52 heavy (non-hydrogen) atoms. The van der Waals surface area contributed by atoms with Gasteiger partial charge in [-0.2, -0.15) is 10.5 Å². The Bertz CT molecular complexity index is 1980. The van der Waals surface area contributed by atoms with E-state index in [1.807, 2.05) is 29.6 Å². The molecule has 4 rings (SSSR count). The fraction of sp³-hybridized carbons (Fsp3) is 0.306. The van der Waals surface area contributed by atoms with Crippen molar-refractivity contribution in [2.45, 2.75) is 50.1 Å². The zero-order valence-electron chi connectivity index (χ0n) is 29.0. The van der Waals surface area contributed by atoms with E-state index >= 15 is 0 Å². The van der Waals surface area contributed by atoms with Crippen LogP contribution in [0, 0.1) is 22.7 Å². The summed E-state index contributed by atoms with van der Waals surface area (Å²) in [5.74, 6) is -0.0125. The Kier molecular flexibility index (Phi) is 13.8. The third-order valence-corrected chi connectivity index (χ3v) is 9.12. The lowest BCUT2D eigenvalue weighted by atomic mass is 9.96. The summed E-state index contributed by atoms with van der Waals surface area (Å²) in [5.41, 5.74) is 2.59. The summed E-state index contributed by atoms with van der Waals surface area (Å²) in [7, 11) is 1.66. The van der Waals surface area contributed by atoms with Gasteiger partial charge in [-0.15, -0.1) is 11.3 Å². The van der Waals surface area contributed by atoms with Gasteiger partial charge in [0.1, 0.15) is 70.7 Å².